The molecule has 0 saturated carbocycles. The van der Waals surface area contributed by atoms with Crippen molar-refractivity contribution in [1.29, 1.82) is 0 Å². The standard InChI is InChI=1S/C12H20O4/c1-10(13)8-6-4-2-3-5-7-9-11(14)12(15)16/h2-9H2,1H3,(H,15,16). The summed E-state index contributed by atoms with van der Waals surface area (Å²) in [5.41, 5.74) is 0. The highest BCUT2D eigenvalue weighted by Gasteiger charge is 2.09. The van der Waals surface area contributed by atoms with Crippen molar-refractivity contribution in [1.82, 2.24) is 0 Å². The number of hydrogen-bond donors (Lipinski definition) is 1. The molecule has 0 aromatic carbocycles. The predicted octanol–water partition coefficient (Wildman–Crippen LogP) is 2.35. The number of carbonyl (C=O) groups excluding carboxylic acids is 2. The van der Waals surface area contributed by atoms with E-state index in [2.05, 4.69) is 0 Å². The molecule has 0 aliphatic rings. The van der Waals surface area contributed by atoms with Gasteiger partial charge in [-0.1, -0.05) is 25.7 Å². The van der Waals surface area contributed by atoms with Crippen LogP contribution in [0.4, 0.5) is 0 Å². The van der Waals surface area contributed by atoms with Gasteiger partial charge in [-0.2, -0.15) is 0 Å². The van der Waals surface area contributed by atoms with Crippen LogP contribution in [-0.4, -0.2) is 22.6 Å². The lowest BCUT2D eigenvalue weighted by Gasteiger charge is -1.99. The van der Waals surface area contributed by atoms with Gasteiger partial charge in [-0.05, 0) is 19.8 Å². The molecule has 0 rings (SSSR count). The Labute approximate surface area is 96.0 Å². The van der Waals surface area contributed by atoms with E-state index in [1.165, 1.54) is 0 Å². The number of hydrogen-bond acceptors (Lipinski definition) is 3. The van der Waals surface area contributed by atoms with Crippen LogP contribution in [0, 0.1) is 0 Å². The van der Waals surface area contributed by atoms with Crippen molar-refractivity contribution in [3.63, 3.8) is 0 Å². The first-order chi connectivity index (χ1) is 7.54. The van der Waals surface area contributed by atoms with Crippen LogP contribution >= 0.6 is 0 Å². The second kappa shape index (κ2) is 9.07. The van der Waals surface area contributed by atoms with Crippen LogP contribution in [0.5, 0.6) is 0 Å². The van der Waals surface area contributed by atoms with E-state index in [4.69, 9.17) is 5.11 Å². The first kappa shape index (κ1) is 14.8. The molecule has 0 fully saturated rings. The molecule has 0 radical (unpaired) electrons. The Morgan fingerprint density at radius 1 is 0.812 bits per heavy atom. The Balaban J connectivity index is 3.19. The van der Waals surface area contributed by atoms with Crippen LogP contribution < -0.4 is 0 Å². The molecule has 0 saturated heterocycles. The third-order valence-corrected chi connectivity index (χ3v) is 2.42. The van der Waals surface area contributed by atoms with Crippen LogP contribution in [0.25, 0.3) is 0 Å². The highest BCUT2D eigenvalue weighted by Crippen LogP contribution is 2.08. The quantitative estimate of drug-likeness (QED) is 0.460. The molecule has 0 aliphatic heterocycles. The molecule has 4 nitrogen and oxygen atoms in total. The zero-order valence-corrected chi connectivity index (χ0v) is 9.83. The summed E-state index contributed by atoms with van der Waals surface area (Å²) in [6.07, 6.45) is 6.35. The fraction of sp³-hybridized carbons (Fsp3) is 0.750. The van der Waals surface area contributed by atoms with Crippen molar-refractivity contribution in [3.8, 4) is 0 Å². The van der Waals surface area contributed by atoms with Crippen molar-refractivity contribution in [2.24, 2.45) is 0 Å². The first-order valence-corrected chi connectivity index (χ1v) is 5.79. The van der Waals surface area contributed by atoms with Crippen LogP contribution in [0.1, 0.15) is 58.3 Å². The monoisotopic (exact) mass is 228 g/mol. The minimum atomic E-state index is -1.33. The van der Waals surface area contributed by atoms with E-state index in [0.717, 1.165) is 32.1 Å². The minimum absolute atomic E-state index is 0.142. The maximum atomic E-state index is 10.7. The third-order valence-electron chi connectivity index (χ3n) is 2.42. The lowest BCUT2D eigenvalue weighted by atomic mass is 10.1. The van der Waals surface area contributed by atoms with Crippen LogP contribution in [-0.2, 0) is 14.4 Å². The van der Waals surface area contributed by atoms with Gasteiger partial charge in [0.15, 0.2) is 0 Å². The molecule has 0 heterocycles. The summed E-state index contributed by atoms with van der Waals surface area (Å²) in [5.74, 6) is -1.80. The molecule has 0 bridgehead atoms. The normalized spacial score (nSPS) is 10.1. The molecule has 0 aromatic heterocycles. The van der Waals surface area contributed by atoms with Gasteiger partial charge in [0.05, 0.1) is 0 Å². The fourth-order valence-corrected chi connectivity index (χ4v) is 1.47. The zero-order chi connectivity index (χ0) is 12.4. The van der Waals surface area contributed by atoms with Crippen LogP contribution in [0.3, 0.4) is 0 Å². The van der Waals surface area contributed by atoms with Gasteiger partial charge in [0, 0.05) is 12.8 Å². The van der Waals surface area contributed by atoms with E-state index >= 15 is 0 Å². The van der Waals surface area contributed by atoms with E-state index in [1.54, 1.807) is 6.92 Å². The average Bonchev–Trinajstić information content (AvgIpc) is 2.21. The predicted molar refractivity (Wildman–Crippen MR) is 60.3 cm³/mol. The second-order valence-corrected chi connectivity index (χ2v) is 4.05. The smallest absolute Gasteiger partial charge is 0.372 e. The number of carbonyl (C=O) groups is 3. The van der Waals surface area contributed by atoms with Crippen LogP contribution in [0.15, 0.2) is 0 Å². The summed E-state index contributed by atoms with van der Waals surface area (Å²) in [6, 6.07) is 0. The van der Waals surface area contributed by atoms with Crippen molar-refractivity contribution in [2.75, 3.05) is 0 Å². The Bertz CT molecular complexity index is 245. The maximum absolute atomic E-state index is 10.7. The minimum Gasteiger partial charge on any atom is -0.476 e. The van der Waals surface area contributed by atoms with Crippen molar-refractivity contribution >= 4 is 17.5 Å². The summed E-state index contributed by atoms with van der Waals surface area (Å²) in [4.78, 5) is 31.5. The van der Waals surface area contributed by atoms with Gasteiger partial charge in [-0.15, -0.1) is 0 Å². The molecule has 0 amide bonds. The van der Waals surface area contributed by atoms with Crippen molar-refractivity contribution in [2.45, 2.75) is 58.3 Å². The van der Waals surface area contributed by atoms with E-state index < -0.39 is 11.8 Å². The molecule has 0 aliphatic carbocycles. The lowest BCUT2D eigenvalue weighted by molar-refractivity contribution is -0.149. The summed E-state index contributed by atoms with van der Waals surface area (Å²) >= 11 is 0. The van der Waals surface area contributed by atoms with E-state index in [0.29, 0.717) is 12.8 Å². The molecule has 0 atom stereocenters. The largest absolute Gasteiger partial charge is 0.476 e. The molecular formula is C12H20O4. The maximum Gasteiger partial charge on any atom is 0.372 e. The molecular weight excluding hydrogens is 208 g/mol. The molecule has 0 unspecified atom stereocenters. The molecule has 4 heteroatoms. The molecule has 0 spiro atoms. The van der Waals surface area contributed by atoms with Gasteiger partial charge in [0.25, 0.3) is 0 Å². The third kappa shape index (κ3) is 9.37. The lowest BCUT2D eigenvalue weighted by Crippen LogP contribution is -2.11. The number of aliphatic carboxylic acids is 1. The van der Waals surface area contributed by atoms with Gasteiger partial charge < -0.3 is 9.90 Å². The Kier molecular flexibility index (Phi) is 8.39. The molecule has 1 N–H and O–H groups in total. The summed E-state index contributed by atoms with van der Waals surface area (Å²) < 4.78 is 0. The molecule has 0 aromatic rings. The van der Waals surface area contributed by atoms with Crippen LogP contribution in [0.2, 0.25) is 0 Å². The average molecular weight is 228 g/mol. The van der Waals surface area contributed by atoms with E-state index in [9.17, 15) is 14.4 Å². The molecule has 92 valence electrons. The fourth-order valence-electron chi connectivity index (χ4n) is 1.47. The Morgan fingerprint density at radius 3 is 1.69 bits per heavy atom. The number of unbranched alkanes of at least 4 members (excludes halogenated alkanes) is 5. The highest BCUT2D eigenvalue weighted by molar-refractivity contribution is 6.32. The van der Waals surface area contributed by atoms with Gasteiger partial charge >= 0.3 is 5.97 Å². The van der Waals surface area contributed by atoms with Crippen molar-refractivity contribution in [3.05, 3.63) is 0 Å². The Hall–Kier alpha value is -1.19. The molecule has 16 heavy (non-hydrogen) atoms. The number of carboxylic acid groups (broad SMARTS) is 1. The van der Waals surface area contributed by atoms with Gasteiger partial charge in [-0.25, -0.2) is 4.79 Å². The van der Waals surface area contributed by atoms with Gasteiger partial charge in [0.1, 0.15) is 5.78 Å². The number of carboxylic acids is 1. The van der Waals surface area contributed by atoms with Gasteiger partial charge in [0.2, 0.25) is 5.78 Å². The number of ketones is 2. The van der Waals surface area contributed by atoms with Crippen molar-refractivity contribution < 1.29 is 19.5 Å². The van der Waals surface area contributed by atoms with E-state index in [1.807, 2.05) is 0 Å². The second-order valence-electron chi connectivity index (χ2n) is 4.05. The summed E-state index contributed by atoms with van der Waals surface area (Å²) in [6.45, 7) is 1.59. The summed E-state index contributed by atoms with van der Waals surface area (Å²) in [7, 11) is 0. The van der Waals surface area contributed by atoms with E-state index in [-0.39, 0.29) is 12.2 Å². The summed E-state index contributed by atoms with van der Waals surface area (Å²) in [5, 5.41) is 8.33. The number of Topliss-reactive ketones (excluding diaryl/α,β-unsaturated/α-hetero) is 2. The SMILES string of the molecule is CC(=O)CCCCCCCCC(=O)C(=O)O. The van der Waals surface area contributed by atoms with Gasteiger partial charge in [-0.3, -0.25) is 4.79 Å². The zero-order valence-electron chi connectivity index (χ0n) is 9.83. The highest BCUT2D eigenvalue weighted by atomic mass is 16.4. The Morgan fingerprint density at radius 2 is 1.25 bits per heavy atom. The first-order valence-electron chi connectivity index (χ1n) is 5.79. The topological polar surface area (TPSA) is 71.4 Å². The number of rotatable bonds is 10.